The number of hydrogen-bond donors (Lipinski definition) is 3. The Labute approximate surface area is 206 Å². The molecular weight excluding hydrogens is 498 g/mol. The molecule has 2 aromatic carbocycles. The first kappa shape index (κ1) is 26.5. The van der Waals surface area contributed by atoms with Gasteiger partial charge in [-0.25, -0.2) is 31.1 Å². The summed E-state index contributed by atoms with van der Waals surface area (Å²) in [4.78, 5) is 12.2. The zero-order valence-corrected chi connectivity index (χ0v) is 21.9. The number of hydrogen-bond acceptors (Lipinski definition) is 5. The Morgan fingerprint density at radius 3 is 1.91 bits per heavy atom. The number of rotatable bonds is 8. The van der Waals surface area contributed by atoms with Gasteiger partial charge in [0.2, 0.25) is 10.0 Å². The Bertz CT molecular complexity index is 1260. The van der Waals surface area contributed by atoms with Crippen molar-refractivity contribution in [1.82, 2.24) is 9.44 Å². The van der Waals surface area contributed by atoms with E-state index in [0.29, 0.717) is 10.7 Å². The van der Waals surface area contributed by atoms with Gasteiger partial charge in [-0.2, -0.15) is 0 Å². The highest BCUT2D eigenvalue weighted by molar-refractivity contribution is 7.90. The van der Waals surface area contributed by atoms with Crippen LogP contribution >= 0.6 is 11.6 Å². The maximum absolute atomic E-state index is 12.9. The molecule has 3 N–H and O–H groups in total. The highest BCUT2D eigenvalue weighted by Gasteiger charge is 2.27. The molecule has 1 aliphatic carbocycles. The fourth-order valence-corrected chi connectivity index (χ4v) is 6.26. The quantitative estimate of drug-likeness (QED) is 0.449. The minimum Gasteiger partial charge on any atom is -0.307 e. The molecule has 3 rings (SSSR count). The van der Waals surface area contributed by atoms with Gasteiger partial charge in [0.25, 0.3) is 10.0 Å². The van der Waals surface area contributed by atoms with Gasteiger partial charge in [-0.1, -0.05) is 51.8 Å². The SMILES string of the molecule is CC(C)c1cc(Cl)cc(C(C)C)c1NC(=O)NS(=O)(=O)c1cccc(S(=O)(=O)NC2CCC2)c1. The Morgan fingerprint density at radius 2 is 1.44 bits per heavy atom. The Balaban J connectivity index is 1.85. The second-order valence-electron chi connectivity index (χ2n) is 9.05. The number of carbonyl (C=O) groups excluding carboxylic acids is 1. The molecule has 0 atom stereocenters. The first-order valence-corrected chi connectivity index (χ1v) is 14.4. The molecule has 1 aliphatic rings. The van der Waals surface area contributed by atoms with E-state index in [4.69, 9.17) is 11.6 Å². The minimum atomic E-state index is -4.34. The summed E-state index contributed by atoms with van der Waals surface area (Å²) in [7, 11) is -8.21. The molecule has 186 valence electrons. The van der Waals surface area contributed by atoms with Crippen LogP contribution in [0.25, 0.3) is 0 Å². The summed E-state index contributed by atoms with van der Waals surface area (Å²) in [5.74, 6) is 0.0429. The highest BCUT2D eigenvalue weighted by Crippen LogP contribution is 2.35. The number of nitrogens with one attached hydrogen (secondary N) is 3. The third-order valence-electron chi connectivity index (χ3n) is 5.73. The van der Waals surface area contributed by atoms with E-state index >= 15 is 0 Å². The molecular formula is C23H30ClN3O5S2. The van der Waals surface area contributed by atoms with Gasteiger partial charge < -0.3 is 5.32 Å². The van der Waals surface area contributed by atoms with Crippen molar-refractivity contribution in [2.75, 3.05) is 5.32 Å². The van der Waals surface area contributed by atoms with Gasteiger partial charge in [-0.3, -0.25) is 0 Å². The third-order valence-corrected chi connectivity index (χ3v) is 8.79. The average Bonchev–Trinajstić information content (AvgIpc) is 2.71. The van der Waals surface area contributed by atoms with E-state index in [9.17, 15) is 21.6 Å². The maximum atomic E-state index is 12.9. The van der Waals surface area contributed by atoms with Crippen molar-refractivity contribution in [1.29, 1.82) is 0 Å². The second-order valence-corrected chi connectivity index (χ2v) is 12.9. The summed E-state index contributed by atoms with van der Waals surface area (Å²) in [6, 6.07) is 7.31. The third kappa shape index (κ3) is 6.10. The molecule has 2 amide bonds. The van der Waals surface area contributed by atoms with Crippen LogP contribution in [0, 0.1) is 0 Å². The molecule has 0 bridgehead atoms. The van der Waals surface area contributed by atoms with Gasteiger partial charge in [0, 0.05) is 16.8 Å². The van der Waals surface area contributed by atoms with Crippen LogP contribution in [0.3, 0.4) is 0 Å². The molecule has 1 saturated carbocycles. The van der Waals surface area contributed by atoms with E-state index in [1.54, 1.807) is 12.1 Å². The predicted octanol–water partition coefficient (Wildman–Crippen LogP) is 4.93. The summed E-state index contributed by atoms with van der Waals surface area (Å²) in [6.45, 7) is 7.77. The number of halogens is 1. The normalized spacial score (nSPS) is 14.8. The minimum absolute atomic E-state index is 0.0214. The number of anilines is 1. The van der Waals surface area contributed by atoms with E-state index in [2.05, 4.69) is 10.0 Å². The Hall–Kier alpha value is -2.14. The largest absolute Gasteiger partial charge is 0.333 e. The second kappa shape index (κ2) is 10.2. The Kier molecular flexibility index (Phi) is 7.96. The molecule has 11 heteroatoms. The number of amides is 2. The van der Waals surface area contributed by atoms with Crippen LogP contribution < -0.4 is 14.8 Å². The molecule has 0 aliphatic heterocycles. The van der Waals surface area contributed by atoms with Crippen LogP contribution in [0.15, 0.2) is 46.2 Å². The van der Waals surface area contributed by atoms with Gasteiger partial charge in [-0.05, 0) is 66.1 Å². The maximum Gasteiger partial charge on any atom is 0.333 e. The molecule has 0 unspecified atom stereocenters. The van der Waals surface area contributed by atoms with E-state index < -0.39 is 26.1 Å². The lowest BCUT2D eigenvalue weighted by atomic mass is 9.92. The van der Waals surface area contributed by atoms with Crippen molar-refractivity contribution in [3.05, 3.63) is 52.5 Å². The first-order valence-electron chi connectivity index (χ1n) is 11.1. The topological polar surface area (TPSA) is 121 Å². The number of benzene rings is 2. The fourth-order valence-electron chi connectivity index (χ4n) is 3.65. The lowest BCUT2D eigenvalue weighted by Crippen LogP contribution is -2.39. The summed E-state index contributed by atoms with van der Waals surface area (Å²) < 4.78 is 55.5. The van der Waals surface area contributed by atoms with Crippen LogP contribution in [0.1, 0.15) is 69.9 Å². The smallest absolute Gasteiger partial charge is 0.307 e. The van der Waals surface area contributed by atoms with Gasteiger partial charge in [0.15, 0.2) is 0 Å². The summed E-state index contributed by atoms with van der Waals surface area (Å²) >= 11 is 6.25. The standard InChI is InChI=1S/C23H30ClN3O5S2/c1-14(2)20-11-16(24)12-21(15(3)4)22(20)25-23(28)27-34(31,32)19-10-6-9-18(13-19)33(29,30)26-17-7-5-8-17/h6,9-15,17,26H,5,7-8H2,1-4H3,(H2,25,27,28). The predicted molar refractivity (Wildman–Crippen MR) is 133 cm³/mol. The number of urea groups is 1. The van der Waals surface area contributed by atoms with Crippen LogP contribution in [-0.4, -0.2) is 28.9 Å². The molecule has 0 radical (unpaired) electrons. The molecule has 1 fully saturated rings. The van der Waals surface area contributed by atoms with Gasteiger partial charge >= 0.3 is 6.03 Å². The lowest BCUT2D eigenvalue weighted by molar-refractivity contribution is 0.256. The molecule has 0 saturated heterocycles. The van der Waals surface area contributed by atoms with Gasteiger partial charge in [0.1, 0.15) is 0 Å². The molecule has 2 aromatic rings. The van der Waals surface area contributed by atoms with E-state index in [1.807, 2.05) is 32.4 Å². The molecule has 0 aromatic heterocycles. The van der Waals surface area contributed by atoms with Crippen molar-refractivity contribution in [2.45, 2.75) is 74.6 Å². The highest BCUT2D eigenvalue weighted by atomic mass is 35.5. The van der Waals surface area contributed by atoms with E-state index in [0.717, 1.165) is 36.5 Å². The van der Waals surface area contributed by atoms with Crippen molar-refractivity contribution < 1.29 is 21.6 Å². The number of carbonyl (C=O) groups is 1. The monoisotopic (exact) mass is 527 g/mol. The van der Waals surface area contributed by atoms with Crippen LogP contribution in [0.2, 0.25) is 5.02 Å². The molecule has 8 nitrogen and oxygen atoms in total. The summed E-state index contributed by atoms with van der Waals surface area (Å²) in [5, 5.41) is 3.19. The van der Waals surface area contributed by atoms with Crippen molar-refractivity contribution in [2.24, 2.45) is 0 Å². The zero-order chi connectivity index (χ0) is 25.3. The summed E-state index contributed by atoms with van der Waals surface area (Å²) in [5.41, 5.74) is 2.06. The molecule has 0 heterocycles. The average molecular weight is 528 g/mol. The lowest BCUT2D eigenvalue weighted by Gasteiger charge is -2.26. The number of sulfonamides is 2. The molecule has 0 spiro atoms. The van der Waals surface area contributed by atoms with Gasteiger partial charge in [-0.15, -0.1) is 0 Å². The van der Waals surface area contributed by atoms with E-state index in [-0.39, 0.29) is 27.7 Å². The fraction of sp³-hybridized carbons (Fsp3) is 0.435. The van der Waals surface area contributed by atoms with Crippen molar-refractivity contribution in [3.63, 3.8) is 0 Å². The molecule has 34 heavy (non-hydrogen) atoms. The van der Waals surface area contributed by atoms with Crippen LogP contribution in [0.4, 0.5) is 10.5 Å². The Morgan fingerprint density at radius 1 is 0.912 bits per heavy atom. The van der Waals surface area contributed by atoms with Crippen LogP contribution in [-0.2, 0) is 20.0 Å². The zero-order valence-electron chi connectivity index (χ0n) is 19.6. The van der Waals surface area contributed by atoms with Gasteiger partial charge in [0.05, 0.1) is 9.79 Å². The van der Waals surface area contributed by atoms with Crippen LogP contribution in [0.5, 0.6) is 0 Å². The summed E-state index contributed by atoms with van der Waals surface area (Å²) in [6.07, 6.45) is 2.45. The van der Waals surface area contributed by atoms with Crippen molar-refractivity contribution >= 4 is 43.4 Å². The first-order chi connectivity index (χ1) is 15.8. The van der Waals surface area contributed by atoms with E-state index in [1.165, 1.54) is 18.2 Å². The van der Waals surface area contributed by atoms with Crippen molar-refractivity contribution in [3.8, 4) is 0 Å².